The molecule has 2 rings (SSSR count). The second-order valence-corrected chi connectivity index (χ2v) is 6.74. The van der Waals surface area contributed by atoms with Crippen molar-refractivity contribution < 1.29 is 0 Å². The Morgan fingerprint density at radius 3 is 2.53 bits per heavy atom. The Morgan fingerprint density at radius 1 is 1.32 bits per heavy atom. The predicted octanol–water partition coefficient (Wildman–Crippen LogP) is 3.59. The minimum Gasteiger partial charge on any atom is -0.337 e. The molecule has 1 aromatic heterocycles. The zero-order chi connectivity index (χ0) is 13.7. The van der Waals surface area contributed by atoms with Gasteiger partial charge in [-0.3, -0.25) is 4.90 Å². The van der Waals surface area contributed by atoms with Crippen LogP contribution >= 0.6 is 15.9 Å². The van der Waals surface area contributed by atoms with E-state index in [1.807, 2.05) is 12.4 Å². The Morgan fingerprint density at radius 2 is 2.00 bits per heavy atom. The van der Waals surface area contributed by atoms with E-state index in [9.17, 15) is 0 Å². The Labute approximate surface area is 125 Å². The van der Waals surface area contributed by atoms with Crippen LogP contribution in [0.3, 0.4) is 0 Å². The highest BCUT2D eigenvalue weighted by Crippen LogP contribution is 2.37. The van der Waals surface area contributed by atoms with Gasteiger partial charge in [0.2, 0.25) is 0 Å². The highest BCUT2D eigenvalue weighted by atomic mass is 79.9. The number of nitrogens with zero attached hydrogens (tertiary/aromatic N) is 3. The van der Waals surface area contributed by atoms with E-state index in [4.69, 9.17) is 0 Å². The molecule has 0 aromatic carbocycles. The minimum absolute atomic E-state index is 0.469. The summed E-state index contributed by atoms with van der Waals surface area (Å²) in [6, 6.07) is 0. The van der Waals surface area contributed by atoms with Crippen molar-refractivity contribution >= 4 is 15.9 Å². The summed E-state index contributed by atoms with van der Waals surface area (Å²) < 4.78 is 2.12. The van der Waals surface area contributed by atoms with Gasteiger partial charge >= 0.3 is 0 Å². The third-order valence-electron chi connectivity index (χ3n) is 4.39. The van der Waals surface area contributed by atoms with Gasteiger partial charge in [-0.05, 0) is 25.3 Å². The van der Waals surface area contributed by atoms with Gasteiger partial charge in [0.25, 0.3) is 0 Å². The number of halogens is 1. The zero-order valence-electron chi connectivity index (χ0n) is 12.2. The molecule has 0 radical (unpaired) electrons. The van der Waals surface area contributed by atoms with Gasteiger partial charge in [-0.15, -0.1) is 0 Å². The fourth-order valence-corrected chi connectivity index (χ4v) is 3.97. The molecule has 1 aliphatic carbocycles. The lowest BCUT2D eigenvalue weighted by Gasteiger charge is -2.35. The van der Waals surface area contributed by atoms with Crippen molar-refractivity contribution in [2.24, 2.45) is 12.5 Å². The molecule has 3 nitrogen and oxygen atoms in total. The average Bonchev–Trinajstić information content (AvgIpc) is 2.66. The van der Waals surface area contributed by atoms with Gasteiger partial charge in [0.1, 0.15) is 5.82 Å². The molecule has 0 aliphatic heterocycles. The standard InChI is InChI=1S/C15H26BrN3/c1-18(11-14-17-9-10-19(14)2)13-15(12-16)7-5-3-4-6-8-15/h9-10H,3-8,11-13H2,1-2H3. The maximum Gasteiger partial charge on any atom is 0.122 e. The summed E-state index contributed by atoms with van der Waals surface area (Å²) >= 11 is 3.78. The molecule has 1 heterocycles. The van der Waals surface area contributed by atoms with Crippen molar-refractivity contribution in [2.75, 3.05) is 18.9 Å². The van der Waals surface area contributed by atoms with Crippen LogP contribution in [0.5, 0.6) is 0 Å². The van der Waals surface area contributed by atoms with Crippen LogP contribution in [0, 0.1) is 5.41 Å². The summed E-state index contributed by atoms with van der Waals surface area (Å²) in [5, 5.41) is 1.13. The third kappa shape index (κ3) is 4.06. The highest BCUT2D eigenvalue weighted by molar-refractivity contribution is 9.09. The van der Waals surface area contributed by atoms with E-state index in [1.165, 1.54) is 45.1 Å². The molecule has 0 bridgehead atoms. The van der Waals surface area contributed by atoms with Crippen molar-refractivity contribution in [3.8, 4) is 0 Å². The van der Waals surface area contributed by atoms with E-state index in [-0.39, 0.29) is 0 Å². The summed E-state index contributed by atoms with van der Waals surface area (Å²) in [6.45, 7) is 2.11. The molecule has 0 spiro atoms. The maximum absolute atomic E-state index is 4.43. The van der Waals surface area contributed by atoms with Crippen LogP contribution < -0.4 is 0 Å². The molecule has 1 aromatic rings. The van der Waals surface area contributed by atoms with Gasteiger partial charge in [0.05, 0.1) is 6.54 Å². The highest BCUT2D eigenvalue weighted by Gasteiger charge is 2.31. The fraction of sp³-hybridized carbons (Fsp3) is 0.800. The van der Waals surface area contributed by atoms with Crippen LogP contribution in [0.2, 0.25) is 0 Å². The van der Waals surface area contributed by atoms with Crippen LogP contribution in [0.4, 0.5) is 0 Å². The summed E-state index contributed by atoms with van der Waals surface area (Å²) in [6.07, 6.45) is 12.2. The van der Waals surface area contributed by atoms with E-state index in [0.717, 1.165) is 17.7 Å². The first-order valence-electron chi connectivity index (χ1n) is 7.36. The molecular weight excluding hydrogens is 302 g/mol. The molecule has 108 valence electrons. The molecule has 4 heteroatoms. The summed E-state index contributed by atoms with van der Waals surface area (Å²) in [5.74, 6) is 1.15. The van der Waals surface area contributed by atoms with Crippen LogP contribution in [0.25, 0.3) is 0 Å². The molecule has 19 heavy (non-hydrogen) atoms. The Balaban J connectivity index is 1.95. The Bertz CT molecular complexity index is 380. The number of aromatic nitrogens is 2. The van der Waals surface area contributed by atoms with Crippen molar-refractivity contribution in [1.82, 2.24) is 14.5 Å². The molecule has 1 fully saturated rings. The number of hydrogen-bond donors (Lipinski definition) is 0. The Kier molecular flexibility index (Phi) is 5.46. The number of rotatable bonds is 5. The summed E-state index contributed by atoms with van der Waals surface area (Å²) in [7, 11) is 4.30. The van der Waals surface area contributed by atoms with Crippen LogP contribution in [0.15, 0.2) is 12.4 Å². The number of imidazole rings is 1. The van der Waals surface area contributed by atoms with Gasteiger partial charge < -0.3 is 4.57 Å². The fourth-order valence-electron chi connectivity index (χ4n) is 3.23. The van der Waals surface area contributed by atoms with E-state index in [2.05, 4.69) is 44.5 Å². The lowest BCUT2D eigenvalue weighted by molar-refractivity contribution is 0.167. The van der Waals surface area contributed by atoms with Gasteiger partial charge in [-0.1, -0.05) is 41.6 Å². The zero-order valence-corrected chi connectivity index (χ0v) is 13.8. The third-order valence-corrected chi connectivity index (χ3v) is 5.57. The molecular formula is C15H26BrN3. The molecule has 0 amide bonds. The van der Waals surface area contributed by atoms with E-state index < -0.39 is 0 Å². The lowest BCUT2D eigenvalue weighted by atomic mass is 9.82. The van der Waals surface area contributed by atoms with Gasteiger partial charge in [-0.25, -0.2) is 4.98 Å². The normalized spacial score (nSPS) is 19.6. The first-order chi connectivity index (χ1) is 9.15. The average molecular weight is 328 g/mol. The molecule has 1 aliphatic rings. The van der Waals surface area contributed by atoms with Crippen molar-refractivity contribution in [3.05, 3.63) is 18.2 Å². The predicted molar refractivity (Wildman–Crippen MR) is 83.5 cm³/mol. The van der Waals surface area contributed by atoms with Crippen molar-refractivity contribution in [1.29, 1.82) is 0 Å². The van der Waals surface area contributed by atoms with Crippen LogP contribution in [-0.2, 0) is 13.6 Å². The molecule has 0 N–H and O–H groups in total. The monoisotopic (exact) mass is 327 g/mol. The molecule has 0 saturated heterocycles. The summed E-state index contributed by atoms with van der Waals surface area (Å²) in [5.41, 5.74) is 0.469. The Hall–Kier alpha value is -0.350. The largest absolute Gasteiger partial charge is 0.337 e. The van der Waals surface area contributed by atoms with Gasteiger partial charge in [0.15, 0.2) is 0 Å². The molecule has 0 unspecified atom stereocenters. The smallest absolute Gasteiger partial charge is 0.122 e. The number of alkyl halides is 1. The topological polar surface area (TPSA) is 21.1 Å². The second kappa shape index (κ2) is 6.89. The first-order valence-corrected chi connectivity index (χ1v) is 8.48. The minimum atomic E-state index is 0.469. The molecule has 0 atom stereocenters. The number of hydrogen-bond acceptors (Lipinski definition) is 2. The van der Waals surface area contributed by atoms with Crippen molar-refractivity contribution in [2.45, 2.75) is 45.1 Å². The van der Waals surface area contributed by atoms with E-state index in [1.54, 1.807) is 0 Å². The summed E-state index contributed by atoms with van der Waals surface area (Å²) in [4.78, 5) is 6.86. The SMILES string of the molecule is CN(Cc1nccn1C)CC1(CBr)CCCCCC1. The quantitative estimate of drug-likeness (QED) is 0.608. The van der Waals surface area contributed by atoms with E-state index in [0.29, 0.717) is 5.41 Å². The maximum atomic E-state index is 4.43. The van der Waals surface area contributed by atoms with Crippen LogP contribution in [0.1, 0.15) is 44.3 Å². The van der Waals surface area contributed by atoms with Crippen molar-refractivity contribution in [3.63, 3.8) is 0 Å². The van der Waals surface area contributed by atoms with Gasteiger partial charge in [-0.2, -0.15) is 0 Å². The number of aryl methyl sites for hydroxylation is 1. The second-order valence-electron chi connectivity index (χ2n) is 6.17. The van der Waals surface area contributed by atoms with Gasteiger partial charge in [0, 0.05) is 31.3 Å². The van der Waals surface area contributed by atoms with E-state index >= 15 is 0 Å². The lowest BCUT2D eigenvalue weighted by Crippen LogP contribution is -2.37. The van der Waals surface area contributed by atoms with Crippen LogP contribution in [-0.4, -0.2) is 33.4 Å². The first kappa shape index (κ1) is 15.0. The molecule has 1 saturated carbocycles.